The van der Waals surface area contributed by atoms with Gasteiger partial charge in [0.05, 0.1) is 5.52 Å². The van der Waals surface area contributed by atoms with Gasteiger partial charge in [-0.1, -0.05) is 25.4 Å². The van der Waals surface area contributed by atoms with Crippen molar-refractivity contribution in [3.63, 3.8) is 0 Å². The third-order valence-electron chi connectivity index (χ3n) is 2.91. The fraction of sp³-hybridized carbons (Fsp3) is 0.385. The minimum absolute atomic E-state index is 0.0669. The molecule has 0 aliphatic heterocycles. The van der Waals surface area contributed by atoms with Crippen molar-refractivity contribution >= 4 is 22.5 Å². The zero-order valence-corrected chi connectivity index (χ0v) is 11.0. The second-order valence-corrected chi connectivity index (χ2v) is 4.76. The van der Waals surface area contributed by atoms with Gasteiger partial charge in [0, 0.05) is 23.7 Å². The maximum absolute atomic E-state index is 12.3. The lowest BCUT2D eigenvalue weighted by molar-refractivity contribution is 0.727. The molecule has 17 heavy (non-hydrogen) atoms. The SMILES string of the molecule is CCn1c(=O)c(C(C)C)cc2cnc(Cl)cc21. The number of aryl methyl sites for hydroxylation is 1. The van der Waals surface area contributed by atoms with Crippen molar-refractivity contribution < 1.29 is 0 Å². The van der Waals surface area contributed by atoms with Crippen molar-refractivity contribution in [1.29, 1.82) is 0 Å². The summed E-state index contributed by atoms with van der Waals surface area (Å²) in [6.07, 6.45) is 1.72. The van der Waals surface area contributed by atoms with Crippen LogP contribution in [0, 0.1) is 0 Å². The first-order valence-electron chi connectivity index (χ1n) is 5.73. The van der Waals surface area contributed by atoms with Gasteiger partial charge in [0.1, 0.15) is 5.15 Å². The second-order valence-electron chi connectivity index (χ2n) is 4.37. The molecule has 0 aromatic carbocycles. The zero-order valence-electron chi connectivity index (χ0n) is 10.2. The van der Waals surface area contributed by atoms with Crippen LogP contribution in [0.15, 0.2) is 23.1 Å². The van der Waals surface area contributed by atoms with Crippen LogP contribution in [0.2, 0.25) is 5.15 Å². The molecule has 90 valence electrons. The molecule has 0 N–H and O–H groups in total. The van der Waals surface area contributed by atoms with Crippen LogP contribution in [0.5, 0.6) is 0 Å². The molecule has 0 bridgehead atoms. The van der Waals surface area contributed by atoms with Crippen LogP contribution in [-0.2, 0) is 6.54 Å². The highest BCUT2D eigenvalue weighted by atomic mass is 35.5. The van der Waals surface area contributed by atoms with Gasteiger partial charge in [-0.15, -0.1) is 0 Å². The van der Waals surface area contributed by atoms with Gasteiger partial charge < -0.3 is 4.57 Å². The zero-order chi connectivity index (χ0) is 12.6. The molecule has 4 heteroatoms. The summed E-state index contributed by atoms with van der Waals surface area (Å²) in [6.45, 7) is 6.63. The lowest BCUT2D eigenvalue weighted by Crippen LogP contribution is -2.24. The molecule has 0 saturated carbocycles. The van der Waals surface area contributed by atoms with E-state index in [4.69, 9.17) is 11.6 Å². The van der Waals surface area contributed by atoms with Crippen LogP contribution in [0.1, 0.15) is 32.3 Å². The average Bonchev–Trinajstić information content (AvgIpc) is 2.28. The minimum atomic E-state index is 0.0669. The fourth-order valence-corrected chi connectivity index (χ4v) is 2.15. The van der Waals surface area contributed by atoms with Crippen LogP contribution in [0.25, 0.3) is 10.9 Å². The van der Waals surface area contributed by atoms with Crippen LogP contribution in [0.4, 0.5) is 0 Å². The number of rotatable bonds is 2. The molecule has 0 spiro atoms. The summed E-state index contributed by atoms with van der Waals surface area (Å²) in [4.78, 5) is 16.3. The summed E-state index contributed by atoms with van der Waals surface area (Å²) in [7, 11) is 0. The van der Waals surface area contributed by atoms with E-state index in [0.717, 1.165) is 16.5 Å². The molecule has 0 amide bonds. The van der Waals surface area contributed by atoms with Gasteiger partial charge in [0.25, 0.3) is 5.56 Å². The third kappa shape index (κ3) is 2.07. The summed E-state index contributed by atoms with van der Waals surface area (Å²) in [5, 5.41) is 1.37. The smallest absolute Gasteiger partial charge is 0.254 e. The molecule has 2 rings (SSSR count). The van der Waals surface area contributed by atoms with E-state index < -0.39 is 0 Å². The first-order valence-corrected chi connectivity index (χ1v) is 6.11. The molecule has 0 saturated heterocycles. The predicted octanol–water partition coefficient (Wildman–Crippen LogP) is 3.19. The highest BCUT2D eigenvalue weighted by Crippen LogP contribution is 2.19. The Bertz CT molecular complexity index is 617. The Kier molecular flexibility index (Phi) is 3.20. The number of halogens is 1. The summed E-state index contributed by atoms with van der Waals surface area (Å²) in [5.74, 6) is 0.209. The number of hydrogen-bond acceptors (Lipinski definition) is 2. The molecule has 0 unspecified atom stereocenters. The van der Waals surface area contributed by atoms with Crippen molar-refractivity contribution in [1.82, 2.24) is 9.55 Å². The maximum Gasteiger partial charge on any atom is 0.254 e. The molecule has 0 aliphatic rings. The largest absolute Gasteiger partial charge is 0.308 e. The quantitative estimate of drug-likeness (QED) is 0.768. The number of aromatic nitrogens is 2. The highest BCUT2D eigenvalue weighted by Gasteiger charge is 2.11. The highest BCUT2D eigenvalue weighted by molar-refractivity contribution is 6.30. The normalized spacial score (nSPS) is 11.4. The van der Waals surface area contributed by atoms with Crippen molar-refractivity contribution in [3.8, 4) is 0 Å². The van der Waals surface area contributed by atoms with E-state index in [0.29, 0.717) is 11.7 Å². The third-order valence-corrected chi connectivity index (χ3v) is 3.12. The molecule has 2 heterocycles. The molecule has 0 atom stereocenters. The lowest BCUT2D eigenvalue weighted by atomic mass is 10.0. The molecule has 0 fully saturated rings. The van der Waals surface area contributed by atoms with Gasteiger partial charge in [-0.25, -0.2) is 4.98 Å². The van der Waals surface area contributed by atoms with Gasteiger partial charge in [-0.05, 0) is 25.0 Å². The standard InChI is InChI=1S/C13H15ClN2O/c1-4-16-11-6-12(14)15-7-9(11)5-10(8(2)3)13(16)17/h5-8H,4H2,1-3H3. The van der Waals surface area contributed by atoms with E-state index in [1.54, 1.807) is 16.8 Å². The number of pyridine rings is 2. The Morgan fingerprint density at radius 1 is 1.41 bits per heavy atom. The molecule has 3 nitrogen and oxygen atoms in total. The molecule has 0 aliphatic carbocycles. The van der Waals surface area contributed by atoms with Crippen LogP contribution in [-0.4, -0.2) is 9.55 Å². The summed E-state index contributed by atoms with van der Waals surface area (Å²) >= 11 is 5.88. The van der Waals surface area contributed by atoms with Crippen molar-refractivity contribution in [2.45, 2.75) is 33.2 Å². The fourth-order valence-electron chi connectivity index (χ4n) is 2.00. The first-order chi connectivity index (χ1) is 8.04. The van der Waals surface area contributed by atoms with Crippen LogP contribution in [0.3, 0.4) is 0 Å². The minimum Gasteiger partial charge on any atom is -0.308 e. The molecule has 2 aromatic rings. The van der Waals surface area contributed by atoms with Gasteiger partial charge in [-0.3, -0.25) is 4.79 Å². The Balaban J connectivity index is 2.89. The van der Waals surface area contributed by atoms with Gasteiger partial charge in [0.2, 0.25) is 0 Å². The van der Waals surface area contributed by atoms with E-state index in [9.17, 15) is 4.79 Å². The molecule has 0 radical (unpaired) electrons. The first kappa shape index (κ1) is 12.1. The average molecular weight is 251 g/mol. The van der Waals surface area contributed by atoms with Crippen molar-refractivity contribution in [2.75, 3.05) is 0 Å². The van der Waals surface area contributed by atoms with E-state index >= 15 is 0 Å². The Morgan fingerprint density at radius 2 is 2.12 bits per heavy atom. The van der Waals surface area contributed by atoms with Crippen LogP contribution >= 0.6 is 11.6 Å². The summed E-state index contributed by atoms with van der Waals surface area (Å²) < 4.78 is 1.75. The van der Waals surface area contributed by atoms with E-state index in [1.807, 2.05) is 26.8 Å². The second kappa shape index (κ2) is 4.49. The van der Waals surface area contributed by atoms with E-state index in [-0.39, 0.29) is 11.5 Å². The summed E-state index contributed by atoms with van der Waals surface area (Å²) in [6, 6.07) is 3.66. The molecule has 2 aromatic heterocycles. The van der Waals surface area contributed by atoms with Crippen molar-refractivity contribution in [3.05, 3.63) is 39.4 Å². The topological polar surface area (TPSA) is 34.9 Å². The molecular weight excluding hydrogens is 236 g/mol. The number of nitrogens with zero attached hydrogens (tertiary/aromatic N) is 2. The van der Waals surface area contributed by atoms with Gasteiger partial charge in [0.15, 0.2) is 0 Å². The van der Waals surface area contributed by atoms with Crippen molar-refractivity contribution in [2.24, 2.45) is 0 Å². The number of hydrogen-bond donors (Lipinski definition) is 0. The monoisotopic (exact) mass is 250 g/mol. The van der Waals surface area contributed by atoms with E-state index in [2.05, 4.69) is 4.98 Å². The Labute approximate surface area is 105 Å². The van der Waals surface area contributed by atoms with Crippen LogP contribution < -0.4 is 5.56 Å². The Morgan fingerprint density at radius 3 is 2.71 bits per heavy atom. The molecular formula is C13H15ClN2O. The lowest BCUT2D eigenvalue weighted by Gasteiger charge is -2.12. The maximum atomic E-state index is 12.3. The van der Waals surface area contributed by atoms with Gasteiger partial charge in [-0.2, -0.15) is 0 Å². The summed E-state index contributed by atoms with van der Waals surface area (Å²) in [5.41, 5.74) is 1.74. The van der Waals surface area contributed by atoms with E-state index in [1.165, 1.54) is 0 Å². The number of fused-ring (bicyclic) bond motifs is 1. The van der Waals surface area contributed by atoms with Gasteiger partial charge >= 0.3 is 0 Å². The Hall–Kier alpha value is -1.35. The predicted molar refractivity (Wildman–Crippen MR) is 70.8 cm³/mol.